The summed E-state index contributed by atoms with van der Waals surface area (Å²) in [6, 6.07) is 3.39. The van der Waals surface area contributed by atoms with Crippen molar-refractivity contribution in [1.82, 2.24) is 5.32 Å². The Balaban J connectivity index is 2.18. The van der Waals surface area contributed by atoms with E-state index in [2.05, 4.69) is 5.32 Å². The molecule has 0 radical (unpaired) electrons. The highest BCUT2D eigenvalue weighted by Crippen LogP contribution is 2.43. The maximum atomic E-state index is 12.4. The molecule has 0 saturated heterocycles. The van der Waals surface area contributed by atoms with Crippen LogP contribution >= 0.6 is 34.5 Å². The summed E-state index contributed by atoms with van der Waals surface area (Å²) in [4.78, 5) is 24.4. The topological polar surface area (TPSA) is 73.9 Å². The van der Waals surface area contributed by atoms with E-state index in [1.54, 1.807) is 12.1 Å². The quantitative estimate of drug-likeness (QED) is 0.563. The van der Waals surface area contributed by atoms with Crippen molar-refractivity contribution in [2.24, 2.45) is 0 Å². The fourth-order valence-electron chi connectivity index (χ4n) is 2.06. The summed E-state index contributed by atoms with van der Waals surface area (Å²) in [5, 5.41) is 3.83. The zero-order chi connectivity index (χ0) is 18.6. The van der Waals surface area contributed by atoms with E-state index in [1.165, 1.54) is 21.1 Å². The first-order valence-corrected chi connectivity index (χ1v) is 8.90. The molecule has 136 valence electrons. The predicted octanol–water partition coefficient (Wildman–Crippen LogP) is 3.52. The lowest BCUT2D eigenvalue weighted by Gasteiger charge is -2.12. The number of amides is 1. The van der Waals surface area contributed by atoms with E-state index in [0.29, 0.717) is 34.0 Å². The molecule has 0 fully saturated rings. The van der Waals surface area contributed by atoms with Crippen LogP contribution in [0.4, 0.5) is 0 Å². The van der Waals surface area contributed by atoms with E-state index in [4.69, 9.17) is 37.4 Å². The molecule has 1 heterocycles. The van der Waals surface area contributed by atoms with Crippen molar-refractivity contribution in [3.05, 3.63) is 27.1 Å². The van der Waals surface area contributed by atoms with Crippen molar-refractivity contribution in [3.63, 3.8) is 0 Å². The number of carbonyl (C=O) groups is 2. The van der Waals surface area contributed by atoms with Crippen molar-refractivity contribution in [3.8, 4) is 5.75 Å². The van der Waals surface area contributed by atoms with E-state index >= 15 is 0 Å². The third kappa shape index (κ3) is 4.36. The van der Waals surface area contributed by atoms with Gasteiger partial charge in [0.05, 0.1) is 23.4 Å². The molecule has 0 aliphatic rings. The minimum Gasteiger partial charge on any atom is -0.495 e. The lowest BCUT2D eigenvalue weighted by Crippen LogP contribution is -2.37. The number of benzene rings is 1. The average molecular weight is 406 g/mol. The molecule has 0 bridgehead atoms. The van der Waals surface area contributed by atoms with Crippen LogP contribution in [-0.4, -0.2) is 45.4 Å². The normalized spacial score (nSPS) is 12.0. The van der Waals surface area contributed by atoms with Gasteiger partial charge in [0.25, 0.3) is 5.91 Å². The van der Waals surface area contributed by atoms with E-state index in [9.17, 15) is 9.59 Å². The third-order valence-electron chi connectivity index (χ3n) is 3.37. The molecule has 2 aromatic rings. The van der Waals surface area contributed by atoms with Gasteiger partial charge in [0.2, 0.25) is 0 Å². The number of methoxy groups -OCH3 is 2. The highest BCUT2D eigenvalue weighted by molar-refractivity contribution is 7.22. The standard InChI is InChI=1S/C16H17Cl2NO5S/c1-8(15(20)19-6-7-22-2)24-16(21)14-11(17)9-4-5-10(23-3)12(18)13(9)25-14/h4-5,8H,6-7H2,1-3H3,(H,19,20)/t8-/m0/s1. The minimum absolute atomic E-state index is 0.184. The molecule has 1 N–H and O–H groups in total. The lowest BCUT2D eigenvalue weighted by atomic mass is 10.2. The van der Waals surface area contributed by atoms with Gasteiger partial charge in [-0.25, -0.2) is 4.79 Å². The molecule has 6 nitrogen and oxygen atoms in total. The molecular weight excluding hydrogens is 389 g/mol. The summed E-state index contributed by atoms with van der Waals surface area (Å²) in [5.74, 6) is -0.615. The summed E-state index contributed by atoms with van der Waals surface area (Å²) in [5.41, 5.74) is 0. The van der Waals surface area contributed by atoms with Crippen molar-refractivity contribution < 1.29 is 23.8 Å². The summed E-state index contributed by atoms with van der Waals surface area (Å²) >= 11 is 13.6. The second kappa shape index (κ2) is 8.71. The Bertz CT molecular complexity index is 792. The largest absolute Gasteiger partial charge is 0.495 e. The SMILES string of the molecule is COCCNC(=O)[C@H](C)OC(=O)c1sc2c(Cl)c(OC)ccc2c1Cl. The molecule has 9 heteroatoms. The molecule has 0 aliphatic carbocycles. The van der Waals surface area contributed by atoms with Gasteiger partial charge < -0.3 is 19.5 Å². The average Bonchev–Trinajstić information content (AvgIpc) is 2.93. The smallest absolute Gasteiger partial charge is 0.350 e. The number of carbonyl (C=O) groups excluding carboxylic acids is 2. The Morgan fingerprint density at radius 2 is 1.96 bits per heavy atom. The van der Waals surface area contributed by atoms with Gasteiger partial charge in [0.1, 0.15) is 15.6 Å². The number of hydrogen-bond acceptors (Lipinski definition) is 6. The van der Waals surface area contributed by atoms with Gasteiger partial charge in [0.15, 0.2) is 6.10 Å². The minimum atomic E-state index is -0.962. The van der Waals surface area contributed by atoms with Crippen molar-refractivity contribution >= 4 is 56.5 Å². The number of halogens is 2. The Morgan fingerprint density at radius 1 is 1.24 bits per heavy atom. The van der Waals surface area contributed by atoms with Crippen LogP contribution in [0.5, 0.6) is 5.75 Å². The number of rotatable bonds is 7. The molecule has 25 heavy (non-hydrogen) atoms. The van der Waals surface area contributed by atoms with Crippen molar-refractivity contribution in [2.75, 3.05) is 27.4 Å². The van der Waals surface area contributed by atoms with Gasteiger partial charge in [0, 0.05) is 19.0 Å². The highest BCUT2D eigenvalue weighted by atomic mass is 35.5. The van der Waals surface area contributed by atoms with Crippen molar-refractivity contribution in [1.29, 1.82) is 0 Å². The van der Waals surface area contributed by atoms with Crippen LogP contribution in [0.25, 0.3) is 10.1 Å². The van der Waals surface area contributed by atoms with Gasteiger partial charge in [-0.05, 0) is 19.1 Å². The number of hydrogen-bond donors (Lipinski definition) is 1. The first-order valence-electron chi connectivity index (χ1n) is 7.32. The number of esters is 1. The Morgan fingerprint density at radius 3 is 2.60 bits per heavy atom. The third-order valence-corrected chi connectivity index (χ3v) is 5.56. The van der Waals surface area contributed by atoms with Gasteiger partial charge in [-0.1, -0.05) is 23.2 Å². The van der Waals surface area contributed by atoms with E-state index in [0.717, 1.165) is 11.3 Å². The van der Waals surface area contributed by atoms with Crippen LogP contribution in [0.1, 0.15) is 16.6 Å². The number of nitrogens with one attached hydrogen (secondary N) is 1. The van der Waals surface area contributed by atoms with Crippen LogP contribution in [0.15, 0.2) is 12.1 Å². The first-order chi connectivity index (χ1) is 11.9. The zero-order valence-corrected chi connectivity index (χ0v) is 16.2. The fraction of sp³-hybridized carbons (Fsp3) is 0.375. The van der Waals surface area contributed by atoms with Crippen LogP contribution in [-0.2, 0) is 14.3 Å². The molecule has 0 unspecified atom stereocenters. The fourth-order valence-corrected chi connectivity index (χ4v) is 3.83. The molecule has 1 aromatic carbocycles. The van der Waals surface area contributed by atoms with Gasteiger partial charge in [-0.15, -0.1) is 11.3 Å². The van der Waals surface area contributed by atoms with Crippen LogP contribution in [0.3, 0.4) is 0 Å². The summed E-state index contributed by atoms with van der Waals surface area (Å²) in [6.45, 7) is 2.18. The lowest BCUT2D eigenvalue weighted by molar-refractivity contribution is -0.129. The molecule has 2 rings (SSSR count). The highest BCUT2D eigenvalue weighted by Gasteiger charge is 2.24. The summed E-state index contributed by atoms with van der Waals surface area (Å²) < 4.78 is 15.8. The second-order valence-electron chi connectivity index (χ2n) is 5.04. The van der Waals surface area contributed by atoms with Crippen LogP contribution in [0.2, 0.25) is 10.0 Å². The van der Waals surface area contributed by atoms with Crippen molar-refractivity contribution in [2.45, 2.75) is 13.0 Å². The molecular formula is C16H17Cl2NO5S. The van der Waals surface area contributed by atoms with Gasteiger partial charge in [-0.3, -0.25) is 4.79 Å². The maximum Gasteiger partial charge on any atom is 0.350 e. The second-order valence-corrected chi connectivity index (χ2v) is 6.81. The Hall–Kier alpha value is -1.54. The van der Waals surface area contributed by atoms with E-state index in [-0.39, 0.29) is 9.90 Å². The summed E-state index contributed by atoms with van der Waals surface area (Å²) in [7, 11) is 3.03. The molecule has 1 atom stereocenters. The first kappa shape index (κ1) is 19.8. The van der Waals surface area contributed by atoms with Gasteiger partial charge in [-0.2, -0.15) is 0 Å². The molecule has 0 spiro atoms. The van der Waals surface area contributed by atoms with Crippen LogP contribution in [0, 0.1) is 0 Å². The number of ether oxygens (including phenoxy) is 3. The van der Waals surface area contributed by atoms with Crippen LogP contribution < -0.4 is 10.1 Å². The number of thiophene rings is 1. The van der Waals surface area contributed by atoms with Gasteiger partial charge >= 0.3 is 5.97 Å². The molecule has 0 saturated carbocycles. The Kier molecular flexibility index (Phi) is 6.89. The monoisotopic (exact) mass is 405 g/mol. The molecule has 1 aromatic heterocycles. The zero-order valence-electron chi connectivity index (χ0n) is 13.9. The predicted molar refractivity (Wildman–Crippen MR) is 98.2 cm³/mol. The Labute approximate surface area is 158 Å². The molecule has 1 amide bonds. The van der Waals surface area contributed by atoms with E-state index in [1.807, 2.05) is 0 Å². The number of fused-ring (bicyclic) bond motifs is 1. The molecule has 0 aliphatic heterocycles. The summed E-state index contributed by atoms with van der Waals surface area (Å²) in [6.07, 6.45) is -0.962. The van der Waals surface area contributed by atoms with E-state index < -0.39 is 18.0 Å². The maximum absolute atomic E-state index is 12.4.